The summed E-state index contributed by atoms with van der Waals surface area (Å²) in [7, 11) is 0. The molecule has 4 nitrogen and oxygen atoms in total. The molecule has 2 aromatic carbocycles. The summed E-state index contributed by atoms with van der Waals surface area (Å²) < 4.78 is 13.7. The van der Waals surface area contributed by atoms with Gasteiger partial charge in [-0.2, -0.15) is 0 Å². The zero-order chi connectivity index (χ0) is 19.6. The number of benzene rings is 2. The van der Waals surface area contributed by atoms with Crippen LogP contribution in [0.3, 0.4) is 0 Å². The Morgan fingerprint density at radius 2 is 1.78 bits per heavy atom. The third-order valence-corrected chi connectivity index (χ3v) is 4.99. The second kappa shape index (κ2) is 7.91. The summed E-state index contributed by atoms with van der Waals surface area (Å²) in [5.41, 5.74) is 3.74. The van der Waals surface area contributed by atoms with Gasteiger partial charge in [-0.1, -0.05) is 23.3 Å². The van der Waals surface area contributed by atoms with Crippen molar-refractivity contribution in [1.82, 2.24) is 4.90 Å². The van der Waals surface area contributed by atoms with Crippen LogP contribution in [0.2, 0.25) is 0 Å². The van der Waals surface area contributed by atoms with Crippen molar-refractivity contribution in [3.05, 3.63) is 64.5 Å². The lowest BCUT2D eigenvalue weighted by molar-refractivity contribution is -0.121. The molecule has 0 aromatic heterocycles. The predicted molar refractivity (Wildman–Crippen MR) is 104 cm³/mol. The Labute approximate surface area is 159 Å². The number of piperidine rings is 1. The highest BCUT2D eigenvalue weighted by Gasteiger charge is 2.29. The van der Waals surface area contributed by atoms with Gasteiger partial charge in [-0.15, -0.1) is 0 Å². The maximum absolute atomic E-state index is 13.7. The first kappa shape index (κ1) is 19.1. The summed E-state index contributed by atoms with van der Waals surface area (Å²) in [6.45, 7) is 6.65. The van der Waals surface area contributed by atoms with E-state index in [2.05, 4.69) is 5.32 Å². The molecule has 1 fully saturated rings. The monoisotopic (exact) mass is 368 g/mol. The van der Waals surface area contributed by atoms with E-state index in [1.807, 2.05) is 32.0 Å². The number of likely N-dealkylation sites (tertiary alicyclic amines) is 1. The SMILES string of the molecule is Cc1cc(C)cc(C(=O)N2CCCC(C(=O)Nc3ccc(C)c(F)c3)C2)c1. The Balaban J connectivity index is 1.68. The Kier molecular flexibility index (Phi) is 5.59. The number of carbonyl (C=O) groups excluding carboxylic acids is 2. The molecule has 1 N–H and O–H groups in total. The molecule has 3 rings (SSSR count). The van der Waals surface area contributed by atoms with Gasteiger partial charge in [0.05, 0.1) is 5.92 Å². The number of carbonyl (C=O) groups is 2. The minimum atomic E-state index is -0.344. The molecule has 0 bridgehead atoms. The fraction of sp³-hybridized carbons (Fsp3) is 0.364. The lowest BCUT2D eigenvalue weighted by atomic mass is 9.96. The molecule has 1 atom stereocenters. The number of rotatable bonds is 3. The minimum absolute atomic E-state index is 0.0410. The largest absolute Gasteiger partial charge is 0.338 e. The minimum Gasteiger partial charge on any atom is -0.338 e. The summed E-state index contributed by atoms with van der Waals surface area (Å²) in [5, 5.41) is 2.78. The van der Waals surface area contributed by atoms with E-state index < -0.39 is 0 Å². The van der Waals surface area contributed by atoms with Crippen LogP contribution in [0.5, 0.6) is 0 Å². The zero-order valence-corrected chi connectivity index (χ0v) is 16.0. The molecular formula is C22H25FN2O2. The molecule has 1 aliphatic rings. The van der Waals surface area contributed by atoms with Crippen molar-refractivity contribution in [3.63, 3.8) is 0 Å². The summed E-state index contributed by atoms with van der Waals surface area (Å²) in [5.74, 6) is -0.849. The average Bonchev–Trinajstić information content (AvgIpc) is 2.63. The number of aryl methyl sites for hydroxylation is 3. The number of nitrogens with one attached hydrogen (secondary N) is 1. The van der Waals surface area contributed by atoms with Crippen molar-refractivity contribution in [2.45, 2.75) is 33.6 Å². The van der Waals surface area contributed by atoms with E-state index >= 15 is 0 Å². The predicted octanol–water partition coefficient (Wildman–Crippen LogP) is 4.24. The highest BCUT2D eigenvalue weighted by Crippen LogP contribution is 2.22. The fourth-order valence-corrected chi connectivity index (χ4v) is 3.57. The number of anilines is 1. The quantitative estimate of drug-likeness (QED) is 0.881. The van der Waals surface area contributed by atoms with Crippen molar-refractivity contribution in [3.8, 4) is 0 Å². The van der Waals surface area contributed by atoms with Gasteiger partial charge in [0.2, 0.25) is 5.91 Å². The summed E-state index contributed by atoms with van der Waals surface area (Å²) >= 11 is 0. The third kappa shape index (κ3) is 4.54. The first-order valence-corrected chi connectivity index (χ1v) is 9.28. The van der Waals surface area contributed by atoms with Crippen LogP contribution in [0.4, 0.5) is 10.1 Å². The lowest BCUT2D eigenvalue weighted by Gasteiger charge is -2.32. The fourth-order valence-electron chi connectivity index (χ4n) is 3.57. The molecule has 1 unspecified atom stereocenters. The molecule has 1 heterocycles. The standard InChI is InChI=1S/C22H25FN2O2/c1-14-9-15(2)11-18(10-14)22(27)25-8-4-5-17(13-25)21(26)24-19-7-6-16(3)20(23)12-19/h6-7,9-12,17H,4-5,8,13H2,1-3H3,(H,24,26). The molecule has 0 aliphatic carbocycles. The molecule has 0 spiro atoms. The zero-order valence-electron chi connectivity index (χ0n) is 16.0. The smallest absolute Gasteiger partial charge is 0.253 e. The highest BCUT2D eigenvalue weighted by molar-refractivity contribution is 5.96. The topological polar surface area (TPSA) is 49.4 Å². The van der Waals surface area contributed by atoms with Crippen molar-refractivity contribution >= 4 is 17.5 Å². The molecule has 2 aromatic rings. The van der Waals surface area contributed by atoms with Gasteiger partial charge < -0.3 is 10.2 Å². The van der Waals surface area contributed by atoms with Crippen molar-refractivity contribution < 1.29 is 14.0 Å². The van der Waals surface area contributed by atoms with Crippen molar-refractivity contribution in [1.29, 1.82) is 0 Å². The summed E-state index contributed by atoms with van der Waals surface area (Å²) in [6.07, 6.45) is 1.49. The third-order valence-electron chi connectivity index (χ3n) is 4.99. The van der Waals surface area contributed by atoms with Gasteiger partial charge in [-0.3, -0.25) is 9.59 Å². The second-order valence-electron chi connectivity index (χ2n) is 7.42. The van der Waals surface area contributed by atoms with E-state index in [0.29, 0.717) is 29.9 Å². The van der Waals surface area contributed by atoms with Crippen LogP contribution in [-0.4, -0.2) is 29.8 Å². The van der Waals surface area contributed by atoms with Crippen LogP contribution in [0.25, 0.3) is 0 Å². The highest BCUT2D eigenvalue weighted by atomic mass is 19.1. The van der Waals surface area contributed by atoms with Crippen LogP contribution in [0.1, 0.15) is 39.9 Å². The van der Waals surface area contributed by atoms with E-state index in [1.165, 1.54) is 6.07 Å². The van der Waals surface area contributed by atoms with Crippen molar-refractivity contribution in [2.75, 3.05) is 18.4 Å². The number of hydrogen-bond acceptors (Lipinski definition) is 2. The maximum atomic E-state index is 13.7. The molecule has 1 aliphatic heterocycles. The van der Waals surface area contributed by atoms with Gasteiger partial charge in [-0.05, 0) is 63.4 Å². The lowest BCUT2D eigenvalue weighted by Crippen LogP contribution is -2.43. The molecular weight excluding hydrogens is 343 g/mol. The molecule has 27 heavy (non-hydrogen) atoms. The van der Waals surface area contributed by atoms with Gasteiger partial charge in [0.25, 0.3) is 5.91 Å². The van der Waals surface area contributed by atoms with E-state index in [9.17, 15) is 14.0 Å². The van der Waals surface area contributed by atoms with Crippen LogP contribution < -0.4 is 5.32 Å². The molecule has 5 heteroatoms. The Morgan fingerprint density at radius 3 is 2.44 bits per heavy atom. The van der Waals surface area contributed by atoms with Crippen LogP contribution in [0, 0.1) is 32.5 Å². The van der Waals surface area contributed by atoms with Gasteiger partial charge in [0.15, 0.2) is 0 Å². The number of halogens is 1. The van der Waals surface area contributed by atoms with Gasteiger partial charge in [0.1, 0.15) is 5.82 Å². The number of hydrogen-bond donors (Lipinski definition) is 1. The van der Waals surface area contributed by atoms with Crippen LogP contribution >= 0.6 is 0 Å². The van der Waals surface area contributed by atoms with Gasteiger partial charge >= 0.3 is 0 Å². The van der Waals surface area contributed by atoms with Crippen LogP contribution in [-0.2, 0) is 4.79 Å². The van der Waals surface area contributed by atoms with E-state index in [0.717, 1.165) is 24.0 Å². The Bertz CT molecular complexity index is 858. The van der Waals surface area contributed by atoms with Crippen molar-refractivity contribution in [2.24, 2.45) is 5.92 Å². The Hall–Kier alpha value is -2.69. The molecule has 1 saturated heterocycles. The van der Waals surface area contributed by atoms with E-state index in [-0.39, 0.29) is 23.5 Å². The normalized spacial score (nSPS) is 16.9. The molecule has 2 amide bonds. The van der Waals surface area contributed by atoms with Gasteiger partial charge in [0, 0.05) is 24.3 Å². The van der Waals surface area contributed by atoms with Crippen LogP contribution in [0.15, 0.2) is 36.4 Å². The second-order valence-corrected chi connectivity index (χ2v) is 7.42. The Morgan fingerprint density at radius 1 is 1.07 bits per heavy atom. The summed E-state index contributed by atoms with van der Waals surface area (Å²) in [4.78, 5) is 27.2. The van der Waals surface area contributed by atoms with E-state index in [1.54, 1.807) is 24.0 Å². The molecule has 142 valence electrons. The number of nitrogens with zero attached hydrogens (tertiary/aromatic N) is 1. The van der Waals surface area contributed by atoms with E-state index in [4.69, 9.17) is 0 Å². The maximum Gasteiger partial charge on any atom is 0.253 e. The van der Waals surface area contributed by atoms with Gasteiger partial charge in [-0.25, -0.2) is 4.39 Å². The number of amides is 2. The molecule has 0 saturated carbocycles. The molecule has 0 radical (unpaired) electrons. The average molecular weight is 368 g/mol. The first-order chi connectivity index (χ1) is 12.8. The summed E-state index contributed by atoms with van der Waals surface area (Å²) in [6, 6.07) is 10.5. The first-order valence-electron chi connectivity index (χ1n) is 9.28.